The van der Waals surface area contributed by atoms with Crippen molar-refractivity contribution >= 4 is 46.6 Å². The number of carboxylic acids is 1. The highest BCUT2D eigenvalue weighted by molar-refractivity contribution is 14.1. The van der Waals surface area contributed by atoms with E-state index in [1.54, 1.807) is 24.3 Å². The molecule has 1 saturated heterocycles. The van der Waals surface area contributed by atoms with Crippen LogP contribution >= 0.6 is 22.6 Å². The molecule has 0 saturated carbocycles. The van der Waals surface area contributed by atoms with Crippen LogP contribution in [-0.4, -0.2) is 34.5 Å². The smallest absolute Gasteiger partial charge is 0.329 e. The highest BCUT2D eigenvalue weighted by Crippen LogP contribution is 2.18. The van der Waals surface area contributed by atoms with E-state index in [1.165, 1.54) is 6.08 Å². The zero-order valence-electron chi connectivity index (χ0n) is 14.0. The number of aliphatic carboxylic acids is 1. The molecule has 0 unspecified atom stereocenters. The molecule has 7 nitrogen and oxygen atoms in total. The molecule has 138 valence electrons. The largest absolute Gasteiger partial charge is 0.489 e. The molecule has 1 aliphatic rings. The molecule has 0 aromatic heterocycles. The third kappa shape index (κ3) is 4.85. The summed E-state index contributed by atoms with van der Waals surface area (Å²) >= 11 is 2.24. The minimum Gasteiger partial charge on any atom is -0.489 e. The number of carboxylic acid groups (broad SMARTS) is 1. The van der Waals surface area contributed by atoms with Crippen LogP contribution in [0.5, 0.6) is 5.75 Å². The average molecular weight is 478 g/mol. The van der Waals surface area contributed by atoms with E-state index >= 15 is 0 Å². The minimum absolute atomic E-state index is 0.0359. The lowest BCUT2D eigenvalue weighted by Crippen LogP contribution is -2.35. The van der Waals surface area contributed by atoms with Gasteiger partial charge in [0.05, 0.1) is 0 Å². The minimum atomic E-state index is -1.26. The van der Waals surface area contributed by atoms with Crippen molar-refractivity contribution in [2.75, 3.05) is 6.54 Å². The second-order valence-electron chi connectivity index (χ2n) is 5.76. The molecule has 1 heterocycles. The van der Waals surface area contributed by atoms with Gasteiger partial charge in [-0.05, 0) is 64.1 Å². The van der Waals surface area contributed by atoms with E-state index in [0.29, 0.717) is 22.8 Å². The number of carbonyl (C=O) groups is 3. The Morgan fingerprint density at radius 2 is 1.78 bits per heavy atom. The molecule has 2 aromatic carbocycles. The Labute approximate surface area is 168 Å². The average Bonchev–Trinajstić information content (AvgIpc) is 2.89. The predicted molar refractivity (Wildman–Crippen MR) is 106 cm³/mol. The third-order valence-corrected chi connectivity index (χ3v) is 4.48. The van der Waals surface area contributed by atoms with Gasteiger partial charge < -0.3 is 15.2 Å². The summed E-state index contributed by atoms with van der Waals surface area (Å²) in [7, 11) is 0. The summed E-state index contributed by atoms with van der Waals surface area (Å²) in [6.07, 6.45) is 1.49. The van der Waals surface area contributed by atoms with Gasteiger partial charge in [0, 0.05) is 3.57 Å². The summed E-state index contributed by atoms with van der Waals surface area (Å²) in [5.41, 5.74) is 1.77. The van der Waals surface area contributed by atoms with Crippen molar-refractivity contribution in [3.63, 3.8) is 0 Å². The molecular weight excluding hydrogens is 463 g/mol. The van der Waals surface area contributed by atoms with E-state index in [-0.39, 0.29) is 5.70 Å². The van der Waals surface area contributed by atoms with Crippen LogP contribution in [0.2, 0.25) is 0 Å². The maximum absolute atomic E-state index is 12.1. The van der Waals surface area contributed by atoms with E-state index in [4.69, 9.17) is 9.84 Å². The molecule has 3 rings (SSSR count). The SMILES string of the molecule is O=C(O)CN1C(=O)N/C(=C/c2ccc(OCc3ccc(I)cc3)cc2)C1=O. The van der Waals surface area contributed by atoms with Gasteiger partial charge in [0.15, 0.2) is 0 Å². The van der Waals surface area contributed by atoms with Crippen molar-refractivity contribution in [1.82, 2.24) is 10.2 Å². The molecule has 2 aromatic rings. The summed E-state index contributed by atoms with van der Waals surface area (Å²) in [4.78, 5) is 35.1. The van der Waals surface area contributed by atoms with Crippen LogP contribution in [-0.2, 0) is 16.2 Å². The first kappa shape index (κ1) is 18.9. The van der Waals surface area contributed by atoms with Gasteiger partial charge in [0.1, 0.15) is 24.6 Å². The number of hydrogen-bond acceptors (Lipinski definition) is 4. The number of nitrogens with one attached hydrogen (secondary N) is 1. The number of rotatable bonds is 6. The van der Waals surface area contributed by atoms with Gasteiger partial charge >= 0.3 is 12.0 Å². The molecule has 0 atom stereocenters. The van der Waals surface area contributed by atoms with Gasteiger partial charge in [0.2, 0.25) is 0 Å². The Morgan fingerprint density at radius 1 is 1.11 bits per heavy atom. The van der Waals surface area contributed by atoms with Crippen LogP contribution in [0.3, 0.4) is 0 Å². The van der Waals surface area contributed by atoms with Gasteiger partial charge in [-0.3, -0.25) is 9.59 Å². The molecule has 0 spiro atoms. The van der Waals surface area contributed by atoms with Crippen molar-refractivity contribution in [3.05, 3.63) is 68.9 Å². The molecular formula is C19H15IN2O5. The summed E-state index contributed by atoms with van der Waals surface area (Å²) in [6, 6.07) is 14.3. The number of imide groups is 1. The second-order valence-corrected chi connectivity index (χ2v) is 7.00. The first-order valence-electron chi connectivity index (χ1n) is 7.96. The first-order valence-corrected chi connectivity index (χ1v) is 9.04. The molecule has 0 aliphatic carbocycles. The molecule has 3 amide bonds. The van der Waals surface area contributed by atoms with Crippen LogP contribution in [0, 0.1) is 3.57 Å². The molecule has 8 heteroatoms. The topological polar surface area (TPSA) is 95.9 Å². The van der Waals surface area contributed by atoms with Gasteiger partial charge in [-0.15, -0.1) is 0 Å². The monoisotopic (exact) mass is 478 g/mol. The lowest BCUT2D eigenvalue weighted by Gasteiger charge is -2.07. The summed E-state index contributed by atoms with van der Waals surface area (Å²) in [5.74, 6) is -1.25. The number of carbonyl (C=O) groups excluding carboxylic acids is 2. The van der Waals surface area contributed by atoms with Crippen molar-refractivity contribution in [2.45, 2.75) is 6.61 Å². The molecule has 2 N–H and O–H groups in total. The van der Waals surface area contributed by atoms with Crippen molar-refractivity contribution < 1.29 is 24.2 Å². The van der Waals surface area contributed by atoms with Crippen molar-refractivity contribution in [3.8, 4) is 5.75 Å². The van der Waals surface area contributed by atoms with E-state index in [2.05, 4.69) is 27.9 Å². The lowest BCUT2D eigenvalue weighted by molar-refractivity contribution is -0.140. The van der Waals surface area contributed by atoms with Crippen molar-refractivity contribution in [2.24, 2.45) is 0 Å². The van der Waals surface area contributed by atoms with E-state index in [1.807, 2.05) is 24.3 Å². The first-order chi connectivity index (χ1) is 12.9. The zero-order chi connectivity index (χ0) is 19.4. The molecule has 1 aliphatic heterocycles. The quantitative estimate of drug-likeness (QED) is 0.378. The van der Waals surface area contributed by atoms with Crippen LogP contribution < -0.4 is 10.1 Å². The molecule has 1 fully saturated rings. The van der Waals surface area contributed by atoms with Crippen LogP contribution in [0.4, 0.5) is 4.79 Å². The summed E-state index contributed by atoms with van der Waals surface area (Å²) in [6.45, 7) is -0.233. The van der Waals surface area contributed by atoms with Gasteiger partial charge in [-0.2, -0.15) is 0 Å². The normalized spacial score (nSPS) is 15.1. The number of ether oxygens (including phenoxy) is 1. The maximum atomic E-state index is 12.1. The summed E-state index contributed by atoms with van der Waals surface area (Å²) < 4.78 is 6.88. The third-order valence-electron chi connectivity index (χ3n) is 3.77. The fraction of sp³-hybridized carbons (Fsp3) is 0.105. The number of halogens is 1. The fourth-order valence-corrected chi connectivity index (χ4v) is 2.78. The fourth-order valence-electron chi connectivity index (χ4n) is 2.42. The van der Waals surface area contributed by atoms with E-state index in [9.17, 15) is 14.4 Å². The van der Waals surface area contributed by atoms with Crippen LogP contribution in [0.1, 0.15) is 11.1 Å². The summed E-state index contributed by atoms with van der Waals surface area (Å²) in [5, 5.41) is 11.1. The Balaban J connectivity index is 1.64. The Morgan fingerprint density at radius 3 is 2.41 bits per heavy atom. The molecule has 0 bridgehead atoms. The van der Waals surface area contributed by atoms with Crippen LogP contribution in [0.25, 0.3) is 6.08 Å². The lowest BCUT2D eigenvalue weighted by atomic mass is 10.2. The van der Waals surface area contributed by atoms with E-state index < -0.39 is 24.5 Å². The second kappa shape index (κ2) is 8.21. The molecule has 0 radical (unpaired) electrons. The maximum Gasteiger partial charge on any atom is 0.329 e. The predicted octanol–water partition coefficient (Wildman–Crippen LogP) is 2.85. The van der Waals surface area contributed by atoms with Gasteiger partial charge in [-0.25, -0.2) is 9.69 Å². The highest BCUT2D eigenvalue weighted by Gasteiger charge is 2.34. The number of amides is 3. The van der Waals surface area contributed by atoms with Gasteiger partial charge in [-0.1, -0.05) is 24.3 Å². The Hall–Kier alpha value is -2.88. The number of hydrogen-bond donors (Lipinski definition) is 2. The van der Waals surface area contributed by atoms with Crippen molar-refractivity contribution in [1.29, 1.82) is 0 Å². The highest BCUT2D eigenvalue weighted by atomic mass is 127. The number of urea groups is 1. The standard InChI is InChI=1S/C19H15IN2O5/c20-14-5-1-13(2-6-14)11-27-15-7-3-12(4-8-15)9-16-18(25)22(10-17(23)24)19(26)21-16/h1-9H,10-11H2,(H,21,26)(H,23,24)/b16-9+. The van der Waals surface area contributed by atoms with E-state index in [0.717, 1.165) is 9.13 Å². The van der Waals surface area contributed by atoms with Gasteiger partial charge in [0.25, 0.3) is 5.91 Å². The van der Waals surface area contributed by atoms with Crippen LogP contribution in [0.15, 0.2) is 54.2 Å². The number of nitrogens with zero attached hydrogens (tertiary/aromatic N) is 1. The Kier molecular flexibility index (Phi) is 5.75. The number of benzene rings is 2. The zero-order valence-corrected chi connectivity index (χ0v) is 16.2. The Bertz CT molecular complexity index is 907. The molecule has 27 heavy (non-hydrogen) atoms.